The smallest absolute Gasteiger partial charge is 0.255 e. The molecule has 3 aromatic rings. The van der Waals surface area contributed by atoms with E-state index in [9.17, 15) is 8.42 Å². The molecule has 3 rings (SSSR count). The van der Waals surface area contributed by atoms with Crippen molar-refractivity contribution in [3.05, 3.63) is 63.9 Å². The van der Waals surface area contributed by atoms with Gasteiger partial charge in [-0.15, -0.1) is 11.3 Å². The molecule has 0 saturated carbocycles. The third-order valence-electron chi connectivity index (χ3n) is 4.24. The number of hydrogen-bond acceptors (Lipinski definition) is 4. The fourth-order valence-electron chi connectivity index (χ4n) is 2.46. The number of sulfonamides is 1. The number of anilines is 1. The largest absolute Gasteiger partial charge is 0.263 e. The van der Waals surface area contributed by atoms with Crippen molar-refractivity contribution in [1.82, 2.24) is 4.98 Å². The van der Waals surface area contributed by atoms with E-state index in [0.29, 0.717) is 11.0 Å². The van der Waals surface area contributed by atoms with E-state index in [-0.39, 0.29) is 4.90 Å². The number of aromatic nitrogens is 1. The number of halogens is 1. The number of hydrogen-bond donors (Lipinski definition) is 1. The van der Waals surface area contributed by atoms with Crippen LogP contribution >= 0.6 is 27.3 Å². The third kappa shape index (κ3) is 4.34. The first-order valence-electron chi connectivity index (χ1n) is 8.23. The Morgan fingerprint density at radius 3 is 2.38 bits per heavy atom. The van der Waals surface area contributed by atoms with Crippen LogP contribution < -0.4 is 4.72 Å². The van der Waals surface area contributed by atoms with Crippen molar-refractivity contribution < 1.29 is 8.42 Å². The lowest BCUT2D eigenvalue weighted by Gasteiger charge is -2.09. The van der Waals surface area contributed by atoms with E-state index >= 15 is 0 Å². The van der Waals surface area contributed by atoms with E-state index in [2.05, 4.69) is 51.6 Å². The zero-order valence-electron chi connectivity index (χ0n) is 14.4. The van der Waals surface area contributed by atoms with Crippen molar-refractivity contribution in [1.29, 1.82) is 0 Å². The van der Waals surface area contributed by atoms with Crippen LogP contribution in [0.2, 0.25) is 0 Å². The highest BCUT2D eigenvalue weighted by Gasteiger charge is 2.16. The van der Waals surface area contributed by atoms with E-state index in [1.807, 2.05) is 17.5 Å². The molecule has 4 nitrogen and oxygen atoms in total. The minimum atomic E-state index is -3.64. The number of nitrogens with zero attached hydrogens (tertiary/aromatic N) is 1. The van der Waals surface area contributed by atoms with Gasteiger partial charge in [0.15, 0.2) is 5.13 Å². The maximum absolute atomic E-state index is 12.5. The lowest BCUT2D eigenvalue weighted by atomic mass is 9.97. The van der Waals surface area contributed by atoms with Crippen molar-refractivity contribution in [3.63, 3.8) is 0 Å². The summed E-state index contributed by atoms with van der Waals surface area (Å²) in [7, 11) is -3.64. The van der Waals surface area contributed by atoms with Crippen LogP contribution in [0, 0.1) is 0 Å². The summed E-state index contributed by atoms with van der Waals surface area (Å²) in [5.74, 6) is 0.521. The van der Waals surface area contributed by atoms with Crippen LogP contribution in [0.15, 0.2) is 63.3 Å². The van der Waals surface area contributed by atoms with Crippen molar-refractivity contribution in [2.45, 2.75) is 31.1 Å². The quantitative estimate of drug-likeness (QED) is 0.509. The van der Waals surface area contributed by atoms with Crippen molar-refractivity contribution in [2.75, 3.05) is 4.72 Å². The van der Waals surface area contributed by atoms with Crippen LogP contribution in [-0.4, -0.2) is 13.4 Å². The summed E-state index contributed by atoms with van der Waals surface area (Å²) in [4.78, 5) is 4.63. The first kappa shape index (κ1) is 19.1. The van der Waals surface area contributed by atoms with Gasteiger partial charge < -0.3 is 0 Å². The molecule has 1 heterocycles. The van der Waals surface area contributed by atoms with Crippen molar-refractivity contribution in [2.24, 2.45) is 0 Å². The van der Waals surface area contributed by atoms with Gasteiger partial charge >= 0.3 is 0 Å². The second-order valence-corrected chi connectivity index (χ2v) is 9.48. The topological polar surface area (TPSA) is 59.1 Å². The summed E-state index contributed by atoms with van der Waals surface area (Å²) in [6.45, 7) is 4.37. The normalized spacial score (nSPS) is 12.7. The second kappa shape index (κ2) is 7.90. The maximum atomic E-state index is 12.5. The molecule has 0 fully saturated rings. The van der Waals surface area contributed by atoms with Crippen molar-refractivity contribution >= 4 is 42.4 Å². The molecule has 0 radical (unpaired) electrons. The molecule has 1 atom stereocenters. The third-order valence-corrected chi connectivity index (χ3v) is 7.01. The first-order chi connectivity index (χ1) is 12.4. The van der Waals surface area contributed by atoms with Gasteiger partial charge in [-0.25, -0.2) is 13.4 Å². The van der Waals surface area contributed by atoms with E-state index < -0.39 is 10.0 Å². The summed E-state index contributed by atoms with van der Waals surface area (Å²) < 4.78 is 28.3. The standard InChI is InChI=1S/C19H19BrN2O2S2/c1-3-13(2)14-4-6-15(7-5-14)18-12-25-19(21-18)22-26(23,24)17-10-8-16(20)9-11-17/h4-13H,3H2,1-2H3,(H,21,22). The zero-order chi connectivity index (χ0) is 18.7. The molecule has 0 aliphatic rings. The first-order valence-corrected chi connectivity index (χ1v) is 11.4. The highest BCUT2D eigenvalue weighted by atomic mass is 79.9. The average molecular weight is 451 g/mol. The molecule has 0 aliphatic heterocycles. The highest BCUT2D eigenvalue weighted by Crippen LogP contribution is 2.28. The lowest BCUT2D eigenvalue weighted by molar-refractivity contribution is 0.601. The Kier molecular flexibility index (Phi) is 5.79. The molecular weight excluding hydrogens is 432 g/mol. The summed E-state index contributed by atoms with van der Waals surface area (Å²) in [5.41, 5.74) is 3.03. The Hall–Kier alpha value is -1.70. The van der Waals surface area contributed by atoms with Gasteiger partial charge in [-0.1, -0.05) is 54.0 Å². The second-order valence-electron chi connectivity index (χ2n) is 6.03. The molecule has 1 N–H and O–H groups in total. The van der Waals surface area contributed by atoms with Crippen molar-refractivity contribution in [3.8, 4) is 11.3 Å². The number of nitrogens with one attached hydrogen (secondary N) is 1. The molecule has 0 aliphatic carbocycles. The summed E-state index contributed by atoms with van der Waals surface area (Å²) in [6, 6.07) is 14.8. The van der Waals surface area contributed by atoms with Crippen LogP contribution in [0.3, 0.4) is 0 Å². The van der Waals surface area contributed by atoms with Gasteiger partial charge in [0.25, 0.3) is 10.0 Å². The van der Waals surface area contributed by atoms with Gasteiger partial charge in [0.1, 0.15) is 0 Å². The van der Waals surface area contributed by atoms with Gasteiger partial charge in [-0.05, 0) is 42.2 Å². The lowest BCUT2D eigenvalue weighted by Crippen LogP contribution is -2.12. The maximum Gasteiger partial charge on any atom is 0.263 e. The predicted octanol–water partition coefficient (Wildman–Crippen LogP) is 5.89. The molecule has 26 heavy (non-hydrogen) atoms. The minimum Gasteiger partial charge on any atom is -0.255 e. The minimum absolute atomic E-state index is 0.204. The monoisotopic (exact) mass is 450 g/mol. The van der Waals surface area contributed by atoms with Gasteiger partial charge in [-0.2, -0.15) is 0 Å². The van der Waals surface area contributed by atoms with Crippen LogP contribution in [0.25, 0.3) is 11.3 Å². The molecule has 0 amide bonds. The summed E-state index contributed by atoms with van der Waals surface area (Å²) >= 11 is 4.57. The SMILES string of the molecule is CCC(C)c1ccc(-c2csc(NS(=O)(=O)c3ccc(Br)cc3)n2)cc1. The number of benzene rings is 2. The Labute approximate surface area is 166 Å². The van der Waals surface area contributed by atoms with Gasteiger partial charge in [0.05, 0.1) is 10.6 Å². The Bertz CT molecular complexity index is 981. The molecule has 1 unspecified atom stereocenters. The average Bonchev–Trinajstić information content (AvgIpc) is 3.09. The van der Waals surface area contributed by atoms with E-state index in [1.54, 1.807) is 24.3 Å². The Morgan fingerprint density at radius 2 is 1.77 bits per heavy atom. The van der Waals surface area contributed by atoms with Crippen LogP contribution in [0.1, 0.15) is 31.7 Å². The van der Waals surface area contributed by atoms with Gasteiger partial charge in [-0.3, -0.25) is 4.72 Å². The summed E-state index contributed by atoms with van der Waals surface area (Å²) in [5, 5.41) is 2.21. The van der Waals surface area contributed by atoms with Gasteiger partial charge in [0, 0.05) is 15.4 Å². The van der Waals surface area contributed by atoms with Crippen LogP contribution in [0.4, 0.5) is 5.13 Å². The number of rotatable bonds is 6. The number of thiazole rings is 1. The molecule has 7 heteroatoms. The highest BCUT2D eigenvalue weighted by molar-refractivity contribution is 9.10. The fourth-order valence-corrected chi connectivity index (χ4v) is 4.70. The van der Waals surface area contributed by atoms with E-state index in [0.717, 1.165) is 22.2 Å². The molecule has 0 bridgehead atoms. The molecule has 0 spiro atoms. The van der Waals surface area contributed by atoms with Gasteiger partial charge in [0.2, 0.25) is 0 Å². The molecule has 2 aromatic carbocycles. The van der Waals surface area contributed by atoms with Crippen LogP contribution in [0.5, 0.6) is 0 Å². The van der Waals surface area contributed by atoms with E-state index in [1.165, 1.54) is 16.9 Å². The Morgan fingerprint density at radius 1 is 1.12 bits per heavy atom. The molecule has 1 aromatic heterocycles. The zero-order valence-corrected chi connectivity index (χ0v) is 17.7. The Balaban J connectivity index is 1.78. The van der Waals surface area contributed by atoms with E-state index in [4.69, 9.17) is 0 Å². The summed E-state index contributed by atoms with van der Waals surface area (Å²) in [6.07, 6.45) is 1.10. The molecular formula is C19H19BrN2O2S2. The molecule has 0 saturated heterocycles. The van der Waals surface area contributed by atoms with Crippen LogP contribution in [-0.2, 0) is 10.0 Å². The fraction of sp³-hybridized carbons (Fsp3) is 0.211. The molecule has 136 valence electrons. The predicted molar refractivity (Wildman–Crippen MR) is 111 cm³/mol.